The number of nitrogens with one attached hydrogen (secondary N) is 2. The van der Waals surface area contributed by atoms with Gasteiger partial charge in [-0.05, 0) is 12.1 Å². The van der Waals surface area contributed by atoms with Crippen molar-refractivity contribution in [1.82, 2.24) is 20.6 Å². The number of nitro benzene ring substituents is 1. The highest BCUT2D eigenvalue weighted by Gasteiger charge is 2.13. The van der Waals surface area contributed by atoms with Gasteiger partial charge in [0.05, 0.1) is 16.8 Å². The van der Waals surface area contributed by atoms with Crippen LogP contribution in [-0.2, 0) is 0 Å². The molecule has 0 fully saturated rings. The molecule has 0 aliphatic carbocycles. The first-order chi connectivity index (χ1) is 12.1. The number of nitrogens with zero attached hydrogens (tertiary/aromatic N) is 4. The summed E-state index contributed by atoms with van der Waals surface area (Å²) in [6, 6.07) is 11.0. The first-order valence-corrected chi connectivity index (χ1v) is 7.17. The predicted octanol–water partition coefficient (Wildman–Crippen LogP) is 2.14. The average molecular weight is 336 g/mol. The number of nitro groups is 1. The predicted molar refractivity (Wildman–Crippen MR) is 90.0 cm³/mol. The Hall–Kier alpha value is -3.88. The van der Waals surface area contributed by atoms with Gasteiger partial charge in [0, 0.05) is 35.7 Å². The fourth-order valence-corrected chi connectivity index (χ4v) is 2.04. The molecule has 1 aromatic carbocycles. The normalized spacial score (nSPS) is 10.7. The van der Waals surface area contributed by atoms with Crippen molar-refractivity contribution in [3.8, 4) is 11.3 Å². The van der Waals surface area contributed by atoms with Gasteiger partial charge in [-0.1, -0.05) is 18.2 Å². The zero-order valence-corrected chi connectivity index (χ0v) is 12.8. The van der Waals surface area contributed by atoms with Gasteiger partial charge in [0.25, 0.3) is 11.6 Å². The Balaban J connectivity index is 1.70. The molecule has 3 rings (SSSR count). The lowest BCUT2D eigenvalue weighted by Gasteiger charge is -1.96. The van der Waals surface area contributed by atoms with Gasteiger partial charge < -0.3 is 0 Å². The molecule has 0 saturated carbocycles. The average Bonchev–Trinajstić information content (AvgIpc) is 3.13. The third-order valence-corrected chi connectivity index (χ3v) is 3.24. The van der Waals surface area contributed by atoms with Crippen molar-refractivity contribution < 1.29 is 9.72 Å². The number of carbonyl (C=O) groups excluding carboxylic acids is 1. The summed E-state index contributed by atoms with van der Waals surface area (Å²) in [5, 5.41) is 21.2. The largest absolute Gasteiger partial charge is 0.289 e. The van der Waals surface area contributed by atoms with E-state index in [0.717, 1.165) is 5.56 Å². The smallest absolute Gasteiger partial charge is 0.272 e. The summed E-state index contributed by atoms with van der Waals surface area (Å²) in [6.07, 6.45) is 4.70. The third-order valence-electron chi connectivity index (χ3n) is 3.24. The number of H-pyrrole nitrogens is 1. The molecule has 2 N–H and O–H groups in total. The lowest BCUT2D eigenvalue weighted by molar-refractivity contribution is -0.384. The summed E-state index contributed by atoms with van der Waals surface area (Å²) >= 11 is 0. The number of aromatic amines is 1. The fraction of sp³-hybridized carbons (Fsp3) is 0. The van der Waals surface area contributed by atoms with E-state index < -0.39 is 10.8 Å². The molecule has 0 aliphatic heterocycles. The highest BCUT2D eigenvalue weighted by atomic mass is 16.6. The summed E-state index contributed by atoms with van der Waals surface area (Å²) in [6.45, 7) is 0. The first kappa shape index (κ1) is 16.0. The number of carbonyl (C=O) groups is 1. The molecule has 1 amide bonds. The van der Waals surface area contributed by atoms with Crippen LogP contribution in [0.1, 0.15) is 16.1 Å². The van der Waals surface area contributed by atoms with E-state index in [1.165, 1.54) is 24.4 Å². The van der Waals surface area contributed by atoms with Crippen molar-refractivity contribution in [2.24, 2.45) is 5.10 Å². The monoisotopic (exact) mass is 336 g/mol. The second-order valence-electron chi connectivity index (χ2n) is 4.96. The van der Waals surface area contributed by atoms with Crippen molar-refractivity contribution in [1.29, 1.82) is 0 Å². The maximum absolute atomic E-state index is 12.0. The minimum atomic E-state index is -0.489. The number of hydrogen-bond acceptors (Lipinski definition) is 6. The summed E-state index contributed by atoms with van der Waals surface area (Å²) in [5.74, 6) is -0.482. The van der Waals surface area contributed by atoms with Crippen molar-refractivity contribution in [2.75, 3.05) is 0 Å². The Morgan fingerprint density at radius 2 is 2.16 bits per heavy atom. The zero-order chi connectivity index (χ0) is 17.6. The number of hydrogen-bond donors (Lipinski definition) is 2. The molecule has 25 heavy (non-hydrogen) atoms. The van der Waals surface area contributed by atoms with E-state index in [9.17, 15) is 14.9 Å². The number of rotatable bonds is 5. The second kappa shape index (κ2) is 7.13. The van der Waals surface area contributed by atoms with Crippen LogP contribution in [0.15, 0.2) is 60.0 Å². The molecular weight excluding hydrogens is 324 g/mol. The van der Waals surface area contributed by atoms with Gasteiger partial charge in [0.2, 0.25) is 0 Å². The van der Waals surface area contributed by atoms with E-state index in [1.54, 1.807) is 36.7 Å². The molecule has 0 spiro atoms. The molecule has 124 valence electrons. The van der Waals surface area contributed by atoms with Crippen LogP contribution in [0.3, 0.4) is 0 Å². The van der Waals surface area contributed by atoms with Crippen molar-refractivity contribution in [3.05, 3.63) is 76.2 Å². The van der Waals surface area contributed by atoms with Gasteiger partial charge in [0.15, 0.2) is 0 Å². The van der Waals surface area contributed by atoms with Crippen LogP contribution in [0.2, 0.25) is 0 Å². The Bertz CT molecular complexity index is 936. The maximum Gasteiger partial charge on any atom is 0.289 e. The molecule has 0 atom stereocenters. The van der Waals surface area contributed by atoms with E-state index in [-0.39, 0.29) is 11.4 Å². The van der Waals surface area contributed by atoms with Gasteiger partial charge in [-0.3, -0.25) is 25.0 Å². The molecule has 0 unspecified atom stereocenters. The highest BCUT2D eigenvalue weighted by Crippen LogP contribution is 2.22. The van der Waals surface area contributed by atoms with E-state index in [0.29, 0.717) is 11.3 Å². The number of amides is 1. The van der Waals surface area contributed by atoms with Crippen LogP contribution in [0, 0.1) is 10.1 Å². The lowest BCUT2D eigenvalue weighted by atomic mass is 10.1. The van der Waals surface area contributed by atoms with Crippen molar-refractivity contribution >= 4 is 17.8 Å². The summed E-state index contributed by atoms with van der Waals surface area (Å²) in [7, 11) is 0. The molecule has 9 nitrogen and oxygen atoms in total. The minimum absolute atomic E-state index is 0.0485. The highest BCUT2D eigenvalue weighted by molar-refractivity contribution is 5.94. The number of pyridine rings is 1. The minimum Gasteiger partial charge on any atom is -0.272 e. The van der Waals surface area contributed by atoms with Gasteiger partial charge in [0.1, 0.15) is 5.69 Å². The van der Waals surface area contributed by atoms with Crippen LogP contribution in [0.25, 0.3) is 11.3 Å². The zero-order valence-electron chi connectivity index (χ0n) is 12.8. The second-order valence-corrected chi connectivity index (χ2v) is 4.96. The van der Waals surface area contributed by atoms with E-state index in [2.05, 4.69) is 25.7 Å². The molecular formula is C16H12N6O3. The van der Waals surface area contributed by atoms with Crippen LogP contribution >= 0.6 is 0 Å². The van der Waals surface area contributed by atoms with Crippen LogP contribution in [0.5, 0.6) is 0 Å². The first-order valence-electron chi connectivity index (χ1n) is 7.17. The van der Waals surface area contributed by atoms with Crippen LogP contribution in [-0.4, -0.2) is 32.2 Å². The van der Waals surface area contributed by atoms with Crippen LogP contribution in [0.4, 0.5) is 5.69 Å². The van der Waals surface area contributed by atoms with Crippen molar-refractivity contribution in [3.63, 3.8) is 0 Å². The summed E-state index contributed by atoms with van der Waals surface area (Å²) in [5.41, 5.74) is 4.19. The summed E-state index contributed by atoms with van der Waals surface area (Å²) < 4.78 is 0. The number of benzene rings is 1. The van der Waals surface area contributed by atoms with Gasteiger partial charge in [-0.2, -0.15) is 10.2 Å². The molecule has 3 aromatic rings. The molecule has 2 aromatic heterocycles. The molecule has 0 bridgehead atoms. The third kappa shape index (κ3) is 3.91. The SMILES string of the molecule is O=C(N/N=C/c1cccnc1)c1cc(-c2cccc([N+](=O)[O-])c2)n[nH]1. The Kier molecular flexibility index (Phi) is 4.56. The Morgan fingerprint density at radius 1 is 1.28 bits per heavy atom. The number of aromatic nitrogens is 3. The quantitative estimate of drug-likeness (QED) is 0.419. The fourth-order valence-electron chi connectivity index (χ4n) is 2.04. The van der Waals surface area contributed by atoms with Crippen molar-refractivity contribution in [2.45, 2.75) is 0 Å². The molecule has 0 aliphatic rings. The van der Waals surface area contributed by atoms with Gasteiger partial charge in [-0.15, -0.1) is 0 Å². The van der Waals surface area contributed by atoms with E-state index >= 15 is 0 Å². The summed E-state index contributed by atoms with van der Waals surface area (Å²) in [4.78, 5) is 26.3. The lowest BCUT2D eigenvalue weighted by Crippen LogP contribution is -2.18. The topological polar surface area (TPSA) is 126 Å². The van der Waals surface area contributed by atoms with Crippen LogP contribution < -0.4 is 5.43 Å². The molecule has 0 radical (unpaired) electrons. The van der Waals surface area contributed by atoms with E-state index in [1.807, 2.05) is 0 Å². The van der Waals surface area contributed by atoms with E-state index in [4.69, 9.17) is 0 Å². The molecule has 9 heteroatoms. The molecule has 2 heterocycles. The number of non-ortho nitro benzene ring substituents is 1. The number of hydrazone groups is 1. The van der Waals surface area contributed by atoms with Gasteiger partial charge >= 0.3 is 0 Å². The molecule has 0 saturated heterocycles. The standard InChI is InChI=1S/C16H12N6O3/c23-16(21-18-10-11-3-2-6-17-9-11)15-8-14(19-20-15)12-4-1-5-13(7-12)22(24)25/h1-10H,(H,19,20)(H,21,23)/b18-10+. The Labute approximate surface area is 141 Å². The maximum atomic E-state index is 12.0. The Morgan fingerprint density at radius 3 is 2.92 bits per heavy atom. The van der Waals surface area contributed by atoms with Gasteiger partial charge in [-0.25, -0.2) is 5.43 Å².